The fraction of sp³-hybridized carbons (Fsp3) is 0.571. The number of nitrogens with zero attached hydrogens (tertiary/aromatic N) is 3. The second kappa shape index (κ2) is 5.35. The lowest BCUT2D eigenvalue weighted by Gasteiger charge is -2.31. The fourth-order valence-electron chi connectivity index (χ4n) is 0.914. The smallest absolute Gasteiger partial charge is 0.290 e. The van der Waals surface area contributed by atoms with Crippen molar-refractivity contribution in [2.24, 2.45) is 0 Å². The molecule has 0 aromatic carbocycles. The van der Waals surface area contributed by atoms with Crippen LogP contribution in [-0.2, 0) is 0 Å². The number of hydrogen-bond acceptors (Lipinski definition) is 4. The van der Waals surface area contributed by atoms with E-state index < -0.39 is 41.1 Å². The Morgan fingerprint density at radius 3 is 1.75 bits per heavy atom. The molecule has 1 N–H and O–H groups in total. The molecule has 4 nitrogen and oxygen atoms in total. The van der Waals surface area contributed by atoms with Crippen LogP contribution in [0.5, 0.6) is 0 Å². The van der Waals surface area contributed by atoms with Gasteiger partial charge in [-0.25, -0.2) is 4.39 Å². The molecule has 20 heavy (non-hydrogen) atoms. The largest absolute Gasteiger partial charge is 0.395 e. The van der Waals surface area contributed by atoms with Crippen LogP contribution < -0.4 is 5.32 Å². The average molecular weight is 347 g/mol. The Balaban J connectivity index is 3.11. The molecule has 0 spiro atoms. The Hall–Kier alpha value is -1.10. The summed E-state index contributed by atoms with van der Waals surface area (Å²) in [5, 5.41) is -0.873. The Kier molecular flexibility index (Phi) is 4.54. The molecule has 0 unspecified atom stereocenters. The first kappa shape index (κ1) is 17.0. The molecular formula is C7H3Cl2F7N4. The van der Waals surface area contributed by atoms with Crippen molar-refractivity contribution in [1.29, 1.82) is 0 Å². The Morgan fingerprint density at radius 1 is 0.900 bits per heavy atom. The summed E-state index contributed by atoms with van der Waals surface area (Å²) in [5.41, 5.74) is 0. The summed E-state index contributed by atoms with van der Waals surface area (Å²) < 4.78 is 89.0. The molecule has 0 atom stereocenters. The Morgan fingerprint density at radius 2 is 1.35 bits per heavy atom. The molecule has 13 heteroatoms. The Labute approximate surface area is 116 Å². The van der Waals surface area contributed by atoms with E-state index in [0.717, 1.165) is 0 Å². The number of anilines is 1. The molecule has 1 rings (SSSR count). The van der Waals surface area contributed by atoms with Gasteiger partial charge in [0.1, 0.15) is 0 Å². The van der Waals surface area contributed by atoms with Crippen molar-refractivity contribution >= 4 is 29.2 Å². The van der Waals surface area contributed by atoms with Crippen LogP contribution in [0.25, 0.3) is 0 Å². The van der Waals surface area contributed by atoms with Crippen LogP contribution in [0.1, 0.15) is 0 Å². The lowest BCUT2D eigenvalue weighted by Crippen LogP contribution is -2.59. The van der Waals surface area contributed by atoms with E-state index in [0.29, 0.717) is 5.32 Å². The maximum atomic E-state index is 13.1. The highest BCUT2D eigenvalue weighted by Gasteiger charge is 2.72. The molecule has 1 aromatic rings. The summed E-state index contributed by atoms with van der Waals surface area (Å²) in [7, 11) is 0. The SMILES string of the molecule is FCC(F)(F)C(F)(F)C(F)(F)Nc1nc(Cl)nc(Cl)n1. The van der Waals surface area contributed by atoms with Crippen molar-refractivity contribution in [2.45, 2.75) is 17.9 Å². The molecule has 0 amide bonds. The van der Waals surface area contributed by atoms with Crippen molar-refractivity contribution in [3.63, 3.8) is 0 Å². The third kappa shape index (κ3) is 3.14. The molecule has 0 saturated heterocycles. The van der Waals surface area contributed by atoms with Crippen LogP contribution >= 0.6 is 23.2 Å². The lowest BCUT2D eigenvalue weighted by molar-refractivity contribution is -0.302. The minimum Gasteiger partial charge on any atom is -0.290 e. The van der Waals surface area contributed by atoms with E-state index in [4.69, 9.17) is 23.2 Å². The predicted octanol–water partition coefficient (Wildman–Crippen LogP) is 3.42. The van der Waals surface area contributed by atoms with Gasteiger partial charge in [0.25, 0.3) is 0 Å². The lowest BCUT2D eigenvalue weighted by atomic mass is 10.1. The van der Waals surface area contributed by atoms with Crippen LogP contribution in [0.2, 0.25) is 10.6 Å². The molecule has 0 aliphatic heterocycles. The highest BCUT2D eigenvalue weighted by atomic mass is 35.5. The van der Waals surface area contributed by atoms with E-state index in [9.17, 15) is 30.7 Å². The molecular weight excluding hydrogens is 344 g/mol. The maximum Gasteiger partial charge on any atom is 0.395 e. The molecule has 0 fully saturated rings. The first-order valence-electron chi connectivity index (χ1n) is 4.47. The zero-order valence-electron chi connectivity index (χ0n) is 8.95. The summed E-state index contributed by atoms with van der Waals surface area (Å²) in [6, 6.07) is -5.57. The first-order chi connectivity index (χ1) is 8.93. The monoisotopic (exact) mass is 346 g/mol. The zero-order valence-corrected chi connectivity index (χ0v) is 10.5. The summed E-state index contributed by atoms with van der Waals surface area (Å²) in [6.45, 7) is -2.99. The number of hydrogen-bond donors (Lipinski definition) is 1. The van der Waals surface area contributed by atoms with Crippen LogP contribution in [-0.4, -0.2) is 39.5 Å². The van der Waals surface area contributed by atoms with Gasteiger partial charge in [0.15, 0.2) is 6.67 Å². The molecule has 1 heterocycles. The summed E-state index contributed by atoms with van der Waals surface area (Å²) in [4.78, 5) is 8.99. The normalized spacial score (nSPS) is 13.4. The highest BCUT2D eigenvalue weighted by Crippen LogP contribution is 2.45. The molecule has 1 aromatic heterocycles. The molecule has 0 bridgehead atoms. The number of halogens is 9. The standard InChI is InChI=1S/C7H3Cl2F7N4/c8-2-17-3(9)19-4(18-2)20-7(15,16)6(13,14)5(11,12)1-10/h1H2,(H,17,18,19,20). The summed E-state index contributed by atoms with van der Waals surface area (Å²) >= 11 is 10.4. The topological polar surface area (TPSA) is 50.7 Å². The van der Waals surface area contributed by atoms with Crippen molar-refractivity contribution in [3.8, 4) is 0 Å². The van der Waals surface area contributed by atoms with Gasteiger partial charge in [0.2, 0.25) is 16.5 Å². The van der Waals surface area contributed by atoms with Gasteiger partial charge >= 0.3 is 17.9 Å². The second-order valence-corrected chi connectivity index (χ2v) is 3.99. The van der Waals surface area contributed by atoms with Gasteiger partial charge in [-0.2, -0.15) is 41.3 Å². The van der Waals surface area contributed by atoms with Gasteiger partial charge < -0.3 is 0 Å². The summed E-state index contributed by atoms with van der Waals surface area (Å²) in [5.74, 6) is -12.9. The fourth-order valence-corrected chi connectivity index (χ4v) is 1.28. The number of rotatable bonds is 5. The van der Waals surface area contributed by atoms with Crippen molar-refractivity contribution < 1.29 is 30.7 Å². The second-order valence-electron chi connectivity index (χ2n) is 3.31. The van der Waals surface area contributed by atoms with Crippen molar-refractivity contribution in [1.82, 2.24) is 15.0 Å². The molecule has 0 aliphatic carbocycles. The van der Waals surface area contributed by atoms with Gasteiger partial charge in [-0.1, -0.05) is 0 Å². The quantitative estimate of drug-likeness (QED) is 0.655. The molecule has 0 radical (unpaired) electrons. The molecule has 0 saturated carbocycles. The van der Waals surface area contributed by atoms with Crippen LogP contribution in [0.15, 0.2) is 0 Å². The van der Waals surface area contributed by atoms with E-state index in [1.54, 1.807) is 0 Å². The van der Waals surface area contributed by atoms with Gasteiger partial charge in [0, 0.05) is 0 Å². The van der Waals surface area contributed by atoms with Gasteiger partial charge in [-0.3, -0.25) is 5.32 Å². The minimum absolute atomic E-state index is 0.620. The molecule has 114 valence electrons. The van der Waals surface area contributed by atoms with Crippen molar-refractivity contribution in [2.75, 3.05) is 12.0 Å². The predicted molar refractivity (Wildman–Crippen MR) is 54.3 cm³/mol. The average Bonchev–Trinajstić information content (AvgIpc) is 2.26. The van der Waals surface area contributed by atoms with Crippen LogP contribution in [0.4, 0.5) is 36.7 Å². The Bertz CT molecular complexity index is 478. The van der Waals surface area contributed by atoms with Crippen molar-refractivity contribution in [3.05, 3.63) is 10.6 Å². The van der Waals surface area contributed by atoms with E-state index >= 15 is 0 Å². The van der Waals surface area contributed by atoms with E-state index in [1.165, 1.54) is 0 Å². The third-order valence-corrected chi connectivity index (χ3v) is 2.21. The minimum atomic E-state index is -6.06. The van der Waals surface area contributed by atoms with Gasteiger partial charge in [-0.05, 0) is 23.2 Å². The third-order valence-electron chi connectivity index (χ3n) is 1.87. The highest BCUT2D eigenvalue weighted by molar-refractivity contribution is 6.31. The van der Waals surface area contributed by atoms with Crippen LogP contribution in [0, 0.1) is 0 Å². The van der Waals surface area contributed by atoms with Crippen LogP contribution in [0.3, 0.4) is 0 Å². The van der Waals surface area contributed by atoms with E-state index in [-0.39, 0.29) is 0 Å². The van der Waals surface area contributed by atoms with Gasteiger partial charge in [0.05, 0.1) is 0 Å². The number of aromatic nitrogens is 3. The van der Waals surface area contributed by atoms with E-state index in [2.05, 4.69) is 15.0 Å². The van der Waals surface area contributed by atoms with E-state index in [1.807, 2.05) is 0 Å². The summed E-state index contributed by atoms with van der Waals surface area (Å²) in [6.07, 6.45) is 0. The molecule has 0 aliphatic rings. The van der Waals surface area contributed by atoms with Gasteiger partial charge in [-0.15, -0.1) is 0 Å². The first-order valence-corrected chi connectivity index (χ1v) is 5.23. The number of nitrogens with one attached hydrogen (secondary N) is 1. The zero-order chi connectivity index (χ0) is 15.8. The number of alkyl halides is 7. The maximum absolute atomic E-state index is 13.1.